The number of rotatable bonds is 4. The summed E-state index contributed by atoms with van der Waals surface area (Å²) in [7, 11) is 0. The van der Waals surface area contributed by atoms with Gasteiger partial charge in [0.25, 0.3) is 0 Å². The van der Waals surface area contributed by atoms with E-state index in [4.69, 9.17) is 5.73 Å². The molecule has 0 aromatic carbocycles. The summed E-state index contributed by atoms with van der Waals surface area (Å²) in [5.41, 5.74) is 5.60. The Bertz CT molecular complexity index is 214. The minimum absolute atomic E-state index is 0.0876. The van der Waals surface area contributed by atoms with Crippen LogP contribution in [0, 0.1) is 0 Å². The highest BCUT2D eigenvalue weighted by molar-refractivity contribution is 5.81. The lowest BCUT2D eigenvalue weighted by Gasteiger charge is -2.26. The molecule has 0 bridgehead atoms. The molecule has 2 atom stereocenters. The molecule has 0 aromatic rings. The van der Waals surface area contributed by atoms with Gasteiger partial charge in [0.05, 0.1) is 6.04 Å². The van der Waals surface area contributed by atoms with Crippen LogP contribution in [0.15, 0.2) is 0 Å². The standard InChI is InChI=1S/C11H23N3O/c1-4-13(5-2)10-6-7-14(8-10)11(15)9(3)12/h9-10H,4-8,12H2,1-3H3/t9-,10?/m0/s1. The summed E-state index contributed by atoms with van der Waals surface area (Å²) < 4.78 is 0. The number of nitrogens with two attached hydrogens (primary N) is 1. The third kappa shape index (κ3) is 2.92. The molecule has 4 nitrogen and oxygen atoms in total. The van der Waals surface area contributed by atoms with E-state index in [1.54, 1.807) is 6.92 Å². The lowest BCUT2D eigenvalue weighted by Crippen LogP contribution is -2.43. The van der Waals surface area contributed by atoms with Gasteiger partial charge in [0, 0.05) is 19.1 Å². The summed E-state index contributed by atoms with van der Waals surface area (Å²) in [6.07, 6.45) is 1.08. The van der Waals surface area contributed by atoms with Gasteiger partial charge in [-0.25, -0.2) is 0 Å². The lowest BCUT2D eigenvalue weighted by molar-refractivity contribution is -0.131. The minimum Gasteiger partial charge on any atom is -0.340 e. The molecule has 1 aliphatic rings. The van der Waals surface area contributed by atoms with Crippen molar-refractivity contribution in [2.45, 2.75) is 39.3 Å². The Morgan fingerprint density at radius 2 is 2.13 bits per heavy atom. The highest BCUT2D eigenvalue weighted by Gasteiger charge is 2.29. The Labute approximate surface area is 92.4 Å². The Balaban J connectivity index is 2.48. The summed E-state index contributed by atoms with van der Waals surface area (Å²) in [5.74, 6) is 0.0876. The van der Waals surface area contributed by atoms with Crippen LogP contribution >= 0.6 is 0 Å². The van der Waals surface area contributed by atoms with E-state index in [0.717, 1.165) is 32.6 Å². The Hall–Kier alpha value is -0.610. The maximum Gasteiger partial charge on any atom is 0.239 e. The Morgan fingerprint density at radius 3 is 2.60 bits per heavy atom. The number of carbonyl (C=O) groups is 1. The average molecular weight is 213 g/mol. The monoisotopic (exact) mass is 213 g/mol. The highest BCUT2D eigenvalue weighted by atomic mass is 16.2. The number of likely N-dealkylation sites (N-methyl/N-ethyl adjacent to an activating group) is 1. The fraction of sp³-hybridized carbons (Fsp3) is 0.909. The predicted octanol–water partition coefficient (Wildman–Crippen LogP) is 0.276. The first-order chi connectivity index (χ1) is 7.10. The molecule has 88 valence electrons. The SMILES string of the molecule is CCN(CC)C1CCN(C(=O)[C@H](C)N)C1. The minimum atomic E-state index is -0.361. The Morgan fingerprint density at radius 1 is 1.53 bits per heavy atom. The number of hydrogen-bond donors (Lipinski definition) is 1. The predicted molar refractivity (Wildman–Crippen MR) is 61.6 cm³/mol. The Kier molecular flexibility index (Phi) is 4.54. The third-order valence-corrected chi connectivity index (χ3v) is 3.19. The molecular formula is C11H23N3O. The van der Waals surface area contributed by atoms with Gasteiger partial charge >= 0.3 is 0 Å². The molecule has 0 radical (unpaired) electrons. The van der Waals surface area contributed by atoms with Crippen molar-refractivity contribution < 1.29 is 4.79 Å². The summed E-state index contributed by atoms with van der Waals surface area (Å²) in [6, 6.07) is 0.170. The van der Waals surface area contributed by atoms with Gasteiger partial charge in [-0.2, -0.15) is 0 Å². The summed E-state index contributed by atoms with van der Waals surface area (Å²) in [4.78, 5) is 16.0. The van der Waals surface area contributed by atoms with E-state index in [1.807, 2.05) is 4.90 Å². The number of hydrogen-bond acceptors (Lipinski definition) is 3. The van der Waals surface area contributed by atoms with E-state index in [2.05, 4.69) is 18.7 Å². The second-order valence-electron chi connectivity index (χ2n) is 4.24. The van der Waals surface area contributed by atoms with Crippen LogP contribution in [0.25, 0.3) is 0 Å². The van der Waals surface area contributed by atoms with Crippen molar-refractivity contribution in [3.05, 3.63) is 0 Å². The largest absolute Gasteiger partial charge is 0.340 e. The first kappa shape index (κ1) is 12.5. The molecule has 1 heterocycles. The topological polar surface area (TPSA) is 49.6 Å². The fourth-order valence-electron chi connectivity index (χ4n) is 2.27. The fourth-order valence-corrected chi connectivity index (χ4v) is 2.27. The summed E-state index contributed by atoms with van der Waals surface area (Å²) in [5, 5.41) is 0. The zero-order valence-electron chi connectivity index (χ0n) is 10.1. The number of amides is 1. The van der Waals surface area contributed by atoms with Crippen molar-refractivity contribution in [3.63, 3.8) is 0 Å². The van der Waals surface area contributed by atoms with Gasteiger partial charge in [0.15, 0.2) is 0 Å². The van der Waals surface area contributed by atoms with Crippen LogP contribution in [0.1, 0.15) is 27.2 Å². The first-order valence-electron chi connectivity index (χ1n) is 5.88. The molecule has 2 N–H and O–H groups in total. The van der Waals surface area contributed by atoms with E-state index >= 15 is 0 Å². The van der Waals surface area contributed by atoms with Gasteiger partial charge in [-0.05, 0) is 26.4 Å². The summed E-state index contributed by atoms with van der Waals surface area (Å²) in [6.45, 7) is 9.92. The second kappa shape index (κ2) is 5.47. The van der Waals surface area contributed by atoms with Crippen molar-refractivity contribution in [2.75, 3.05) is 26.2 Å². The smallest absolute Gasteiger partial charge is 0.239 e. The van der Waals surface area contributed by atoms with Crippen LogP contribution in [-0.2, 0) is 4.79 Å². The molecule has 15 heavy (non-hydrogen) atoms. The van der Waals surface area contributed by atoms with Crippen LogP contribution in [0.5, 0.6) is 0 Å². The van der Waals surface area contributed by atoms with E-state index in [9.17, 15) is 4.79 Å². The van der Waals surface area contributed by atoms with Gasteiger partial charge in [0.1, 0.15) is 0 Å². The molecule has 4 heteroatoms. The van der Waals surface area contributed by atoms with Crippen molar-refractivity contribution in [2.24, 2.45) is 5.73 Å². The molecule has 1 saturated heterocycles. The van der Waals surface area contributed by atoms with E-state index in [1.165, 1.54) is 0 Å². The summed E-state index contributed by atoms with van der Waals surface area (Å²) >= 11 is 0. The van der Waals surface area contributed by atoms with E-state index in [0.29, 0.717) is 6.04 Å². The number of carbonyl (C=O) groups excluding carboxylic acids is 1. The van der Waals surface area contributed by atoms with Gasteiger partial charge in [-0.3, -0.25) is 9.69 Å². The third-order valence-electron chi connectivity index (χ3n) is 3.19. The maximum atomic E-state index is 11.7. The van der Waals surface area contributed by atoms with Crippen LogP contribution in [0.2, 0.25) is 0 Å². The quantitative estimate of drug-likeness (QED) is 0.729. The highest BCUT2D eigenvalue weighted by Crippen LogP contribution is 2.15. The molecule has 1 unspecified atom stereocenters. The van der Waals surface area contributed by atoms with Gasteiger partial charge < -0.3 is 10.6 Å². The molecular weight excluding hydrogens is 190 g/mol. The molecule has 0 aliphatic carbocycles. The number of likely N-dealkylation sites (tertiary alicyclic amines) is 1. The van der Waals surface area contributed by atoms with E-state index < -0.39 is 0 Å². The first-order valence-corrected chi connectivity index (χ1v) is 5.88. The van der Waals surface area contributed by atoms with Gasteiger partial charge in [-0.15, -0.1) is 0 Å². The maximum absolute atomic E-state index is 11.7. The molecule has 1 rings (SSSR count). The average Bonchev–Trinajstić information content (AvgIpc) is 2.67. The zero-order valence-corrected chi connectivity index (χ0v) is 10.1. The number of nitrogens with zero attached hydrogens (tertiary/aromatic N) is 2. The van der Waals surface area contributed by atoms with Gasteiger partial charge in [-0.1, -0.05) is 13.8 Å². The van der Waals surface area contributed by atoms with E-state index in [-0.39, 0.29) is 11.9 Å². The van der Waals surface area contributed by atoms with Crippen LogP contribution in [0.4, 0.5) is 0 Å². The molecule has 0 saturated carbocycles. The zero-order chi connectivity index (χ0) is 11.4. The molecule has 1 amide bonds. The normalized spacial score (nSPS) is 23.5. The van der Waals surface area contributed by atoms with Gasteiger partial charge in [0.2, 0.25) is 5.91 Å². The van der Waals surface area contributed by atoms with Crippen LogP contribution in [0.3, 0.4) is 0 Å². The second-order valence-corrected chi connectivity index (χ2v) is 4.24. The van der Waals surface area contributed by atoms with Crippen molar-refractivity contribution in [1.29, 1.82) is 0 Å². The molecule has 0 spiro atoms. The molecule has 0 aromatic heterocycles. The van der Waals surface area contributed by atoms with Crippen molar-refractivity contribution in [1.82, 2.24) is 9.80 Å². The molecule has 1 aliphatic heterocycles. The van der Waals surface area contributed by atoms with Crippen LogP contribution < -0.4 is 5.73 Å². The van der Waals surface area contributed by atoms with Crippen LogP contribution in [-0.4, -0.2) is 54.0 Å². The van der Waals surface area contributed by atoms with Crippen molar-refractivity contribution in [3.8, 4) is 0 Å². The lowest BCUT2D eigenvalue weighted by atomic mass is 10.2. The van der Waals surface area contributed by atoms with Crippen molar-refractivity contribution >= 4 is 5.91 Å². The molecule has 1 fully saturated rings.